The Morgan fingerprint density at radius 1 is 1.20 bits per heavy atom. The maximum absolute atomic E-state index is 12.3. The van der Waals surface area contributed by atoms with E-state index in [0.29, 0.717) is 24.8 Å². The molecule has 138 valence electrons. The molecule has 1 saturated heterocycles. The molecule has 9 nitrogen and oxygen atoms in total. The SMILES string of the molecule is Cc1n[nH]c(C)c1S(=O)(=O)C(=O)NCC(=O)N1CCN(C2CC2)CC1. The van der Waals surface area contributed by atoms with Gasteiger partial charge in [-0.05, 0) is 26.7 Å². The first kappa shape index (κ1) is 17.9. The minimum Gasteiger partial charge on any atom is -0.339 e. The zero-order valence-corrected chi connectivity index (χ0v) is 15.2. The van der Waals surface area contributed by atoms with Crippen LogP contribution in [0.2, 0.25) is 0 Å². The van der Waals surface area contributed by atoms with Gasteiger partial charge < -0.3 is 10.2 Å². The van der Waals surface area contributed by atoms with Crippen molar-refractivity contribution in [2.24, 2.45) is 0 Å². The molecule has 10 heteroatoms. The number of aromatic nitrogens is 2. The van der Waals surface area contributed by atoms with E-state index in [0.717, 1.165) is 13.1 Å². The zero-order chi connectivity index (χ0) is 18.2. The van der Waals surface area contributed by atoms with Crippen LogP contribution in [0.25, 0.3) is 0 Å². The molecule has 0 radical (unpaired) electrons. The van der Waals surface area contributed by atoms with Crippen molar-refractivity contribution in [3.05, 3.63) is 11.4 Å². The number of amides is 2. The van der Waals surface area contributed by atoms with Crippen LogP contribution in [0.15, 0.2) is 4.90 Å². The van der Waals surface area contributed by atoms with Gasteiger partial charge in [-0.1, -0.05) is 0 Å². The molecule has 0 unspecified atom stereocenters. The fourth-order valence-electron chi connectivity index (χ4n) is 3.16. The third-order valence-electron chi connectivity index (χ3n) is 4.69. The van der Waals surface area contributed by atoms with E-state index in [9.17, 15) is 18.0 Å². The van der Waals surface area contributed by atoms with Crippen LogP contribution in [0.1, 0.15) is 24.2 Å². The second-order valence-electron chi connectivity index (χ2n) is 6.56. The van der Waals surface area contributed by atoms with Crippen LogP contribution in [-0.2, 0) is 14.6 Å². The van der Waals surface area contributed by atoms with Gasteiger partial charge in [-0.3, -0.25) is 19.6 Å². The highest BCUT2D eigenvalue weighted by Crippen LogP contribution is 2.27. The van der Waals surface area contributed by atoms with Crippen LogP contribution in [0.5, 0.6) is 0 Å². The largest absolute Gasteiger partial charge is 0.341 e. The molecule has 1 aromatic rings. The molecule has 2 amide bonds. The van der Waals surface area contributed by atoms with Gasteiger partial charge in [-0.15, -0.1) is 0 Å². The smallest absolute Gasteiger partial charge is 0.339 e. The number of hydrogen-bond acceptors (Lipinski definition) is 6. The average molecular weight is 369 g/mol. The number of H-pyrrole nitrogens is 1. The van der Waals surface area contributed by atoms with Gasteiger partial charge in [0.05, 0.1) is 17.9 Å². The lowest BCUT2D eigenvalue weighted by Gasteiger charge is -2.34. The van der Waals surface area contributed by atoms with Crippen molar-refractivity contribution in [2.45, 2.75) is 37.6 Å². The van der Waals surface area contributed by atoms with Gasteiger partial charge in [0, 0.05) is 32.2 Å². The molecular weight excluding hydrogens is 346 g/mol. The highest BCUT2D eigenvalue weighted by Gasteiger charge is 2.33. The molecular formula is C15H23N5O4S. The minimum atomic E-state index is -4.22. The molecule has 0 aromatic carbocycles. The summed E-state index contributed by atoms with van der Waals surface area (Å²) in [6.45, 7) is 5.60. The Morgan fingerprint density at radius 3 is 2.36 bits per heavy atom. The first-order chi connectivity index (χ1) is 11.8. The molecule has 2 N–H and O–H groups in total. The third kappa shape index (κ3) is 3.69. The summed E-state index contributed by atoms with van der Waals surface area (Å²) in [5.74, 6) is -0.264. The van der Waals surface area contributed by atoms with Crippen LogP contribution >= 0.6 is 0 Å². The monoisotopic (exact) mass is 369 g/mol. The van der Waals surface area contributed by atoms with E-state index in [-0.39, 0.29) is 23.0 Å². The Hall–Kier alpha value is -1.94. The van der Waals surface area contributed by atoms with Gasteiger partial charge in [0.25, 0.3) is 9.84 Å². The predicted molar refractivity (Wildman–Crippen MR) is 89.8 cm³/mol. The first-order valence-corrected chi connectivity index (χ1v) is 9.85. The van der Waals surface area contributed by atoms with Crippen molar-refractivity contribution in [3.63, 3.8) is 0 Å². The van der Waals surface area contributed by atoms with E-state index in [1.165, 1.54) is 26.7 Å². The lowest BCUT2D eigenvalue weighted by Crippen LogP contribution is -2.51. The van der Waals surface area contributed by atoms with E-state index >= 15 is 0 Å². The molecule has 2 fully saturated rings. The lowest BCUT2D eigenvalue weighted by molar-refractivity contribution is -0.131. The number of carbonyl (C=O) groups is 2. The summed E-state index contributed by atoms with van der Waals surface area (Å²) in [7, 11) is -4.22. The number of nitrogens with one attached hydrogen (secondary N) is 2. The lowest BCUT2D eigenvalue weighted by atomic mass is 10.3. The van der Waals surface area contributed by atoms with Gasteiger partial charge in [-0.25, -0.2) is 8.42 Å². The molecule has 1 aliphatic carbocycles. The summed E-state index contributed by atoms with van der Waals surface area (Å²) in [4.78, 5) is 28.2. The van der Waals surface area contributed by atoms with Crippen molar-refractivity contribution in [1.29, 1.82) is 0 Å². The van der Waals surface area contributed by atoms with E-state index in [1.807, 2.05) is 0 Å². The Kier molecular flexibility index (Phi) is 4.83. The fourth-order valence-corrected chi connectivity index (χ4v) is 4.49. The molecule has 25 heavy (non-hydrogen) atoms. The van der Waals surface area contributed by atoms with Crippen molar-refractivity contribution in [2.75, 3.05) is 32.7 Å². The fraction of sp³-hybridized carbons (Fsp3) is 0.667. The molecule has 3 rings (SSSR count). The first-order valence-electron chi connectivity index (χ1n) is 8.37. The molecule has 1 aliphatic heterocycles. The standard InChI is InChI=1S/C15H23N5O4S/c1-10-14(11(2)18-17-10)25(23,24)15(22)16-9-13(21)20-7-5-19(6-8-20)12-3-4-12/h12H,3-9H2,1-2H3,(H,16,22)(H,17,18). The average Bonchev–Trinajstić information content (AvgIpc) is 3.37. The maximum atomic E-state index is 12.3. The topological polar surface area (TPSA) is 115 Å². The van der Waals surface area contributed by atoms with Crippen LogP contribution in [-0.4, -0.2) is 78.3 Å². The van der Waals surface area contributed by atoms with Crippen molar-refractivity contribution in [3.8, 4) is 0 Å². The van der Waals surface area contributed by atoms with Gasteiger partial charge in [-0.2, -0.15) is 5.10 Å². The van der Waals surface area contributed by atoms with Gasteiger partial charge in [0.2, 0.25) is 5.91 Å². The molecule has 1 saturated carbocycles. The molecule has 0 spiro atoms. The highest BCUT2D eigenvalue weighted by molar-refractivity contribution is 8.06. The zero-order valence-electron chi connectivity index (χ0n) is 14.4. The quantitative estimate of drug-likeness (QED) is 0.760. The number of rotatable bonds is 4. The van der Waals surface area contributed by atoms with E-state index in [4.69, 9.17) is 0 Å². The van der Waals surface area contributed by atoms with Crippen LogP contribution in [0.3, 0.4) is 0 Å². The summed E-state index contributed by atoms with van der Waals surface area (Å²) < 4.78 is 24.7. The summed E-state index contributed by atoms with van der Waals surface area (Å²) >= 11 is 0. The maximum Gasteiger partial charge on any atom is 0.341 e. The molecule has 2 aliphatic rings. The predicted octanol–water partition coefficient (Wildman–Crippen LogP) is -0.184. The number of aromatic amines is 1. The van der Waals surface area contributed by atoms with Crippen molar-refractivity contribution < 1.29 is 18.0 Å². The number of hydrogen-bond donors (Lipinski definition) is 2. The second kappa shape index (κ2) is 6.75. The number of carbonyl (C=O) groups excluding carboxylic acids is 2. The molecule has 0 bridgehead atoms. The van der Waals surface area contributed by atoms with E-state index in [2.05, 4.69) is 20.4 Å². The van der Waals surface area contributed by atoms with Crippen molar-refractivity contribution in [1.82, 2.24) is 25.3 Å². The molecule has 2 heterocycles. The summed E-state index contributed by atoms with van der Waals surface area (Å²) in [6.07, 6.45) is 2.46. The minimum absolute atomic E-state index is 0.129. The Bertz CT molecular complexity index is 756. The number of aryl methyl sites for hydroxylation is 2. The van der Waals surface area contributed by atoms with E-state index < -0.39 is 15.1 Å². The van der Waals surface area contributed by atoms with Gasteiger partial charge >= 0.3 is 5.24 Å². The van der Waals surface area contributed by atoms with E-state index in [1.54, 1.807) is 4.90 Å². The van der Waals surface area contributed by atoms with Crippen LogP contribution in [0, 0.1) is 13.8 Å². The normalized spacial score (nSPS) is 19.0. The number of nitrogens with zero attached hydrogens (tertiary/aromatic N) is 3. The van der Waals surface area contributed by atoms with Crippen molar-refractivity contribution >= 4 is 21.0 Å². The Balaban J connectivity index is 1.54. The van der Waals surface area contributed by atoms with Crippen LogP contribution < -0.4 is 5.32 Å². The summed E-state index contributed by atoms with van der Waals surface area (Å²) in [6, 6.07) is 0.670. The number of sulfone groups is 1. The van der Waals surface area contributed by atoms with Gasteiger partial charge in [0.15, 0.2) is 0 Å². The van der Waals surface area contributed by atoms with Crippen LogP contribution in [0.4, 0.5) is 4.79 Å². The summed E-state index contributed by atoms with van der Waals surface area (Å²) in [5.41, 5.74) is 0.533. The third-order valence-corrected chi connectivity index (χ3v) is 6.46. The molecule has 0 atom stereocenters. The highest BCUT2D eigenvalue weighted by atomic mass is 32.2. The van der Waals surface area contributed by atoms with Gasteiger partial charge in [0.1, 0.15) is 4.90 Å². The summed E-state index contributed by atoms with van der Waals surface area (Å²) in [5, 5.41) is 7.40. The Labute approximate surface area is 146 Å². The second-order valence-corrected chi connectivity index (χ2v) is 8.34. The Morgan fingerprint density at radius 2 is 1.84 bits per heavy atom. The number of piperazine rings is 1. The molecule has 1 aromatic heterocycles.